The van der Waals surface area contributed by atoms with Gasteiger partial charge in [0.25, 0.3) is 0 Å². The Labute approximate surface area is 163 Å². The summed E-state index contributed by atoms with van der Waals surface area (Å²) in [5.74, 6) is -1.13. The molecule has 0 aliphatic heterocycles. The normalized spacial score (nSPS) is 11.1. The van der Waals surface area contributed by atoms with Crippen LogP contribution in [0.4, 0.5) is 8.78 Å². The molecular weight excluding hydrogens is 382 g/mol. The van der Waals surface area contributed by atoms with Crippen molar-refractivity contribution in [3.05, 3.63) is 88.3 Å². The molecule has 0 atom stereocenters. The van der Waals surface area contributed by atoms with Gasteiger partial charge in [0.2, 0.25) is 0 Å². The van der Waals surface area contributed by atoms with Crippen LogP contribution in [0.1, 0.15) is 15.9 Å². The summed E-state index contributed by atoms with van der Waals surface area (Å²) in [6, 6.07) is 17.8. The first-order chi connectivity index (χ1) is 14.0. The number of ether oxygens (including phenoxy) is 2. The van der Waals surface area contributed by atoms with Crippen LogP contribution in [0.3, 0.4) is 0 Å². The summed E-state index contributed by atoms with van der Waals surface area (Å²) in [6.45, 7) is -3.31. The highest BCUT2D eigenvalue weighted by Crippen LogP contribution is 2.28. The van der Waals surface area contributed by atoms with E-state index in [9.17, 15) is 18.4 Å². The summed E-state index contributed by atoms with van der Waals surface area (Å²) in [6.07, 6.45) is 0. The largest absolute Gasteiger partial charge is 0.457 e. The first-order valence-electron chi connectivity index (χ1n) is 8.68. The molecule has 1 aromatic heterocycles. The maximum Gasteiger partial charge on any atom is 0.387 e. The van der Waals surface area contributed by atoms with Gasteiger partial charge in [-0.2, -0.15) is 8.78 Å². The van der Waals surface area contributed by atoms with Crippen LogP contribution in [0.15, 0.2) is 75.9 Å². The van der Waals surface area contributed by atoms with Gasteiger partial charge in [-0.1, -0.05) is 42.5 Å². The third-order valence-electron chi connectivity index (χ3n) is 4.40. The van der Waals surface area contributed by atoms with Gasteiger partial charge in [-0.25, -0.2) is 9.59 Å². The first kappa shape index (κ1) is 18.6. The number of hydrogen-bond acceptors (Lipinski definition) is 5. The van der Waals surface area contributed by atoms with Crippen LogP contribution in [-0.2, 0) is 11.3 Å². The predicted octanol–water partition coefficient (Wildman–Crippen LogP) is 4.90. The number of rotatable bonds is 5. The summed E-state index contributed by atoms with van der Waals surface area (Å²) >= 11 is 0. The molecule has 0 spiro atoms. The standard InChI is InChI=1S/C22H14F2O5/c23-22(24)29-17-8-4-3-7-16(17)21(26)27-12-14-11-19(25)28-18-10-9-13-5-1-2-6-15(13)20(14)18/h1-11,22H,12H2. The molecule has 0 N–H and O–H groups in total. The SMILES string of the molecule is O=C(OCc1cc(=O)oc2ccc3ccccc3c12)c1ccccc1OC(F)F. The van der Waals surface area contributed by atoms with Crippen LogP contribution >= 0.6 is 0 Å². The lowest BCUT2D eigenvalue weighted by Crippen LogP contribution is -2.11. The third-order valence-corrected chi connectivity index (χ3v) is 4.40. The number of alkyl halides is 2. The molecule has 0 saturated carbocycles. The highest BCUT2D eigenvalue weighted by atomic mass is 19.3. The lowest BCUT2D eigenvalue weighted by Gasteiger charge is -2.12. The van der Waals surface area contributed by atoms with Gasteiger partial charge in [0.15, 0.2) is 0 Å². The zero-order valence-corrected chi connectivity index (χ0v) is 14.9. The first-order valence-corrected chi connectivity index (χ1v) is 8.68. The molecule has 4 aromatic rings. The molecule has 4 rings (SSSR count). The number of hydrogen-bond donors (Lipinski definition) is 0. The molecule has 5 nitrogen and oxygen atoms in total. The van der Waals surface area contributed by atoms with Crippen LogP contribution in [0.5, 0.6) is 5.75 Å². The summed E-state index contributed by atoms with van der Waals surface area (Å²) in [5, 5.41) is 2.41. The van der Waals surface area contributed by atoms with Crippen LogP contribution in [-0.4, -0.2) is 12.6 Å². The number of benzene rings is 3. The van der Waals surface area contributed by atoms with Crippen molar-refractivity contribution in [3.8, 4) is 5.75 Å². The second kappa shape index (κ2) is 7.71. The van der Waals surface area contributed by atoms with Gasteiger partial charge in [0.1, 0.15) is 23.5 Å². The molecule has 7 heteroatoms. The molecule has 0 fully saturated rings. The van der Waals surface area contributed by atoms with E-state index in [-0.39, 0.29) is 17.9 Å². The number of carbonyl (C=O) groups is 1. The minimum absolute atomic E-state index is 0.134. The molecule has 0 aliphatic rings. The highest BCUT2D eigenvalue weighted by molar-refractivity contribution is 6.07. The van der Waals surface area contributed by atoms with Crippen LogP contribution in [0.2, 0.25) is 0 Å². The lowest BCUT2D eigenvalue weighted by atomic mass is 10.0. The average molecular weight is 396 g/mol. The van der Waals surface area contributed by atoms with Gasteiger partial charge in [-0.05, 0) is 29.0 Å². The highest BCUT2D eigenvalue weighted by Gasteiger charge is 2.18. The zero-order valence-electron chi connectivity index (χ0n) is 14.9. The molecule has 0 aliphatic carbocycles. The van der Waals surface area contributed by atoms with E-state index in [1.165, 1.54) is 30.3 Å². The van der Waals surface area contributed by atoms with E-state index >= 15 is 0 Å². The smallest absolute Gasteiger partial charge is 0.387 e. The second-order valence-electron chi connectivity index (χ2n) is 6.20. The molecule has 146 valence electrons. The number of para-hydroxylation sites is 1. The topological polar surface area (TPSA) is 65.7 Å². The van der Waals surface area contributed by atoms with Crippen molar-refractivity contribution in [2.24, 2.45) is 0 Å². The molecule has 0 radical (unpaired) electrons. The molecule has 0 bridgehead atoms. The van der Waals surface area contributed by atoms with Gasteiger partial charge >= 0.3 is 18.2 Å². The molecule has 3 aromatic carbocycles. The lowest BCUT2D eigenvalue weighted by molar-refractivity contribution is -0.0504. The molecule has 29 heavy (non-hydrogen) atoms. The zero-order chi connectivity index (χ0) is 20.4. The van der Waals surface area contributed by atoms with Crippen molar-refractivity contribution in [2.75, 3.05) is 0 Å². The third kappa shape index (κ3) is 3.80. The van der Waals surface area contributed by atoms with Crippen molar-refractivity contribution in [3.63, 3.8) is 0 Å². The summed E-state index contributed by atoms with van der Waals surface area (Å²) in [5.41, 5.74) is 0.0996. The summed E-state index contributed by atoms with van der Waals surface area (Å²) in [4.78, 5) is 24.4. The van der Waals surface area contributed by atoms with E-state index in [1.54, 1.807) is 6.07 Å². The van der Waals surface area contributed by atoms with Gasteiger partial charge < -0.3 is 13.9 Å². The average Bonchev–Trinajstić information content (AvgIpc) is 2.71. The Bertz CT molecular complexity index is 1260. The predicted molar refractivity (Wildman–Crippen MR) is 102 cm³/mol. The van der Waals surface area contributed by atoms with E-state index in [4.69, 9.17) is 9.15 Å². The maximum atomic E-state index is 12.6. The molecule has 0 unspecified atom stereocenters. The van der Waals surface area contributed by atoms with E-state index < -0.39 is 18.2 Å². The van der Waals surface area contributed by atoms with Gasteiger partial charge in [-0.3, -0.25) is 0 Å². The number of carbonyl (C=O) groups excluding carboxylic acids is 1. The Morgan fingerprint density at radius 1 is 1.00 bits per heavy atom. The van der Waals surface area contributed by atoms with E-state index in [0.717, 1.165) is 10.8 Å². The Hall–Kier alpha value is -3.74. The Balaban J connectivity index is 1.70. The molecular formula is C22H14F2O5. The van der Waals surface area contributed by atoms with Crippen molar-refractivity contribution >= 4 is 27.7 Å². The molecule has 1 heterocycles. The van der Waals surface area contributed by atoms with Crippen LogP contribution in [0.25, 0.3) is 21.7 Å². The van der Waals surface area contributed by atoms with Crippen LogP contribution < -0.4 is 10.4 Å². The van der Waals surface area contributed by atoms with Crippen molar-refractivity contribution in [2.45, 2.75) is 13.2 Å². The Kier molecular flexibility index (Phi) is 4.95. The summed E-state index contributed by atoms with van der Waals surface area (Å²) < 4.78 is 40.1. The fourth-order valence-corrected chi connectivity index (χ4v) is 3.19. The van der Waals surface area contributed by atoms with E-state index in [0.29, 0.717) is 16.5 Å². The fourth-order valence-electron chi connectivity index (χ4n) is 3.19. The van der Waals surface area contributed by atoms with Crippen molar-refractivity contribution in [1.29, 1.82) is 0 Å². The van der Waals surface area contributed by atoms with E-state index in [2.05, 4.69) is 4.74 Å². The maximum absolute atomic E-state index is 12.6. The monoisotopic (exact) mass is 396 g/mol. The molecule has 0 saturated heterocycles. The number of esters is 1. The minimum Gasteiger partial charge on any atom is -0.457 e. The molecule has 0 amide bonds. The number of halogens is 2. The van der Waals surface area contributed by atoms with Gasteiger partial charge in [0.05, 0.1) is 0 Å². The fraction of sp³-hybridized carbons (Fsp3) is 0.0909. The van der Waals surface area contributed by atoms with Gasteiger partial charge in [0, 0.05) is 17.0 Å². The van der Waals surface area contributed by atoms with E-state index in [1.807, 2.05) is 30.3 Å². The number of fused-ring (bicyclic) bond motifs is 3. The van der Waals surface area contributed by atoms with Crippen LogP contribution in [0, 0.1) is 0 Å². The summed E-state index contributed by atoms with van der Waals surface area (Å²) in [7, 11) is 0. The van der Waals surface area contributed by atoms with Crippen molar-refractivity contribution in [1.82, 2.24) is 0 Å². The Morgan fingerprint density at radius 2 is 1.76 bits per heavy atom. The quantitative estimate of drug-likeness (QED) is 0.273. The Morgan fingerprint density at radius 3 is 2.59 bits per heavy atom. The van der Waals surface area contributed by atoms with Crippen molar-refractivity contribution < 1.29 is 27.5 Å². The minimum atomic E-state index is -3.07. The second-order valence-corrected chi connectivity index (χ2v) is 6.20. The van der Waals surface area contributed by atoms with Gasteiger partial charge in [-0.15, -0.1) is 0 Å².